The van der Waals surface area contributed by atoms with Gasteiger partial charge in [-0.1, -0.05) is 25.1 Å². The van der Waals surface area contributed by atoms with Crippen molar-refractivity contribution >= 4 is 5.78 Å². The number of rotatable bonds is 0. The van der Waals surface area contributed by atoms with Gasteiger partial charge in [0, 0.05) is 17.5 Å². The lowest BCUT2D eigenvalue weighted by Crippen LogP contribution is -2.07. The quantitative estimate of drug-likeness (QED) is 0.710. The average molecular weight is 256 g/mol. The van der Waals surface area contributed by atoms with E-state index in [1.165, 1.54) is 12.1 Å². The molecule has 1 heterocycles. The van der Waals surface area contributed by atoms with Gasteiger partial charge in [-0.2, -0.15) is 0 Å². The molecule has 0 fully saturated rings. The van der Waals surface area contributed by atoms with E-state index in [4.69, 9.17) is 4.74 Å². The molecule has 0 aliphatic carbocycles. The number of Topliss-reactive ketones (excluding diaryl/α,β-unsaturated/α-hetero) is 1. The smallest absolute Gasteiger partial charge is 0.174 e. The lowest BCUT2D eigenvalue weighted by Gasteiger charge is -2.09. The number of phenolic OH excluding ortho intramolecular Hbond substituents is 2. The van der Waals surface area contributed by atoms with Crippen molar-refractivity contribution in [2.75, 3.05) is 0 Å². The van der Waals surface area contributed by atoms with Crippen molar-refractivity contribution in [1.29, 1.82) is 0 Å². The minimum Gasteiger partial charge on any atom is -0.504 e. The topological polar surface area (TPSA) is 66.8 Å². The third-order valence-corrected chi connectivity index (χ3v) is 3.34. The SMILES string of the molecule is CC1C(=O)c2cc(O)c(O)cc2Oc2ccccc21. The van der Waals surface area contributed by atoms with Gasteiger partial charge in [-0.25, -0.2) is 0 Å². The van der Waals surface area contributed by atoms with E-state index in [0.29, 0.717) is 5.75 Å². The Morgan fingerprint density at radius 1 is 1.05 bits per heavy atom. The molecule has 1 aliphatic heterocycles. The van der Waals surface area contributed by atoms with Gasteiger partial charge >= 0.3 is 0 Å². The fourth-order valence-corrected chi connectivity index (χ4v) is 2.26. The molecule has 4 heteroatoms. The van der Waals surface area contributed by atoms with Crippen LogP contribution >= 0.6 is 0 Å². The Labute approximate surface area is 109 Å². The van der Waals surface area contributed by atoms with Crippen molar-refractivity contribution < 1.29 is 19.7 Å². The van der Waals surface area contributed by atoms with Gasteiger partial charge in [-0.05, 0) is 12.1 Å². The molecule has 2 aromatic rings. The highest BCUT2D eigenvalue weighted by molar-refractivity contribution is 6.04. The van der Waals surface area contributed by atoms with Crippen LogP contribution in [0.2, 0.25) is 0 Å². The molecule has 2 aromatic carbocycles. The molecule has 3 rings (SSSR count). The van der Waals surface area contributed by atoms with Crippen molar-refractivity contribution in [3.8, 4) is 23.0 Å². The summed E-state index contributed by atoms with van der Waals surface area (Å²) in [5.74, 6) is -0.284. The molecule has 1 atom stereocenters. The van der Waals surface area contributed by atoms with Crippen LogP contribution in [0.1, 0.15) is 28.8 Å². The molecule has 4 nitrogen and oxygen atoms in total. The largest absolute Gasteiger partial charge is 0.504 e. The summed E-state index contributed by atoms with van der Waals surface area (Å²) in [5.41, 5.74) is 1.07. The lowest BCUT2D eigenvalue weighted by molar-refractivity contribution is 0.0966. The predicted octanol–water partition coefficient (Wildman–Crippen LogP) is 3.19. The molecular formula is C15H12O4. The van der Waals surface area contributed by atoms with Crippen molar-refractivity contribution in [3.05, 3.63) is 47.5 Å². The third-order valence-electron chi connectivity index (χ3n) is 3.34. The summed E-state index contributed by atoms with van der Waals surface area (Å²) in [4.78, 5) is 12.4. The fourth-order valence-electron chi connectivity index (χ4n) is 2.26. The van der Waals surface area contributed by atoms with Crippen molar-refractivity contribution in [1.82, 2.24) is 0 Å². The molecule has 0 radical (unpaired) electrons. The van der Waals surface area contributed by atoms with E-state index in [2.05, 4.69) is 0 Å². The number of carbonyl (C=O) groups is 1. The van der Waals surface area contributed by atoms with Gasteiger partial charge in [0.15, 0.2) is 17.3 Å². The molecule has 0 saturated carbocycles. The highest BCUT2D eigenvalue weighted by Crippen LogP contribution is 2.42. The molecule has 0 aromatic heterocycles. The normalized spacial score (nSPS) is 17.1. The van der Waals surface area contributed by atoms with Crippen LogP contribution in [0.3, 0.4) is 0 Å². The summed E-state index contributed by atoms with van der Waals surface area (Å²) < 4.78 is 5.69. The predicted molar refractivity (Wildman–Crippen MR) is 69.0 cm³/mol. The molecule has 0 spiro atoms. The Morgan fingerprint density at radius 2 is 1.74 bits per heavy atom. The summed E-state index contributed by atoms with van der Waals surface area (Å²) in [6.45, 7) is 1.80. The number of aromatic hydroxyl groups is 2. The van der Waals surface area contributed by atoms with E-state index in [0.717, 1.165) is 5.56 Å². The standard InChI is InChI=1S/C15H12O4/c1-8-9-4-2-3-5-13(9)19-14-7-12(17)11(16)6-10(14)15(8)18/h2-8,16-17H,1H3. The molecule has 0 amide bonds. The Hall–Kier alpha value is -2.49. The summed E-state index contributed by atoms with van der Waals surface area (Å²) >= 11 is 0. The first-order valence-corrected chi connectivity index (χ1v) is 5.95. The van der Waals surface area contributed by atoms with Crippen molar-refractivity contribution in [3.63, 3.8) is 0 Å². The van der Waals surface area contributed by atoms with E-state index in [-0.39, 0.29) is 34.5 Å². The lowest BCUT2D eigenvalue weighted by atomic mass is 9.92. The van der Waals surface area contributed by atoms with Gasteiger partial charge in [0.2, 0.25) is 0 Å². The van der Waals surface area contributed by atoms with E-state index < -0.39 is 0 Å². The Kier molecular flexibility index (Phi) is 2.45. The zero-order valence-corrected chi connectivity index (χ0v) is 10.3. The monoisotopic (exact) mass is 256 g/mol. The minimum atomic E-state index is -0.360. The molecule has 96 valence electrons. The van der Waals surface area contributed by atoms with Gasteiger partial charge in [0.25, 0.3) is 0 Å². The Morgan fingerprint density at radius 3 is 2.53 bits per heavy atom. The summed E-state index contributed by atoms with van der Waals surface area (Å²) in [7, 11) is 0. The average Bonchev–Trinajstić information content (AvgIpc) is 2.50. The van der Waals surface area contributed by atoms with Gasteiger partial charge < -0.3 is 14.9 Å². The van der Waals surface area contributed by atoms with Crippen LogP contribution in [0, 0.1) is 0 Å². The first kappa shape index (κ1) is 11.6. The Bertz CT molecular complexity index is 676. The van der Waals surface area contributed by atoms with Gasteiger partial charge in [0.1, 0.15) is 11.5 Å². The molecule has 0 saturated heterocycles. The van der Waals surface area contributed by atoms with Crippen molar-refractivity contribution in [2.24, 2.45) is 0 Å². The molecule has 2 N–H and O–H groups in total. The fraction of sp³-hybridized carbons (Fsp3) is 0.133. The second-order valence-corrected chi connectivity index (χ2v) is 4.56. The number of hydrogen-bond acceptors (Lipinski definition) is 4. The van der Waals surface area contributed by atoms with Gasteiger partial charge in [-0.3, -0.25) is 4.79 Å². The second kappa shape index (κ2) is 4.02. The van der Waals surface area contributed by atoms with E-state index in [9.17, 15) is 15.0 Å². The van der Waals surface area contributed by atoms with Gasteiger partial charge in [0.05, 0.1) is 5.56 Å². The number of carbonyl (C=O) groups excluding carboxylic acids is 1. The van der Waals surface area contributed by atoms with E-state index in [1.807, 2.05) is 18.2 Å². The van der Waals surface area contributed by atoms with Crippen LogP contribution in [0.5, 0.6) is 23.0 Å². The van der Waals surface area contributed by atoms with E-state index in [1.54, 1.807) is 13.0 Å². The molecular weight excluding hydrogens is 244 g/mol. The summed E-state index contributed by atoms with van der Waals surface area (Å²) in [6, 6.07) is 9.78. The maximum absolute atomic E-state index is 12.4. The van der Waals surface area contributed by atoms with E-state index >= 15 is 0 Å². The first-order chi connectivity index (χ1) is 9.08. The molecule has 1 unspecified atom stereocenters. The second-order valence-electron chi connectivity index (χ2n) is 4.56. The first-order valence-electron chi connectivity index (χ1n) is 5.95. The number of fused-ring (bicyclic) bond motifs is 2. The zero-order chi connectivity index (χ0) is 13.6. The van der Waals surface area contributed by atoms with Crippen LogP contribution in [0.15, 0.2) is 36.4 Å². The number of phenols is 2. The number of ketones is 1. The van der Waals surface area contributed by atoms with Gasteiger partial charge in [-0.15, -0.1) is 0 Å². The number of ether oxygens (including phenoxy) is 1. The van der Waals surface area contributed by atoms with Crippen LogP contribution in [0.4, 0.5) is 0 Å². The maximum atomic E-state index is 12.4. The number of hydrogen-bond donors (Lipinski definition) is 2. The Balaban J connectivity index is 2.25. The van der Waals surface area contributed by atoms with Crippen molar-refractivity contribution in [2.45, 2.75) is 12.8 Å². The number of benzene rings is 2. The zero-order valence-electron chi connectivity index (χ0n) is 10.3. The third kappa shape index (κ3) is 1.73. The highest BCUT2D eigenvalue weighted by atomic mass is 16.5. The molecule has 1 aliphatic rings. The summed E-state index contributed by atoms with van der Waals surface area (Å²) in [6.07, 6.45) is 0. The van der Waals surface area contributed by atoms with Crippen LogP contribution in [-0.4, -0.2) is 16.0 Å². The van der Waals surface area contributed by atoms with Crippen LogP contribution in [-0.2, 0) is 0 Å². The summed E-state index contributed by atoms with van der Waals surface area (Å²) in [5, 5.41) is 19.1. The van der Waals surface area contributed by atoms with Crippen LogP contribution in [0.25, 0.3) is 0 Å². The highest BCUT2D eigenvalue weighted by Gasteiger charge is 2.28. The number of para-hydroxylation sites is 1. The van der Waals surface area contributed by atoms with Crippen LogP contribution < -0.4 is 4.74 Å². The minimum absolute atomic E-state index is 0.143. The molecule has 19 heavy (non-hydrogen) atoms. The molecule has 0 bridgehead atoms. The maximum Gasteiger partial charge on any atom is 0.174 e.